The van der Waals surface area contributed by atoms with Crippen LogP contribution in [0.15, 0.2) is 24.7 Å². The Kier molecular flexibility index (Phi) is 7.25. The second kappa shape index (κ2) is 10.3. The van der Waals surface area contributed by atoms with E-state index in [4.69, 9.17) is 16.3 Å². The topological polar surface area (TPSA) is 89.0 Å². The highest BCUT2D eigenvalue weighted by Crippen LogP contribution is 2.27. The van der Waals surface area contributed by atoms with Crippen LogP contribution in [0.4, 0.5) is 5.82 Å². The van der Waals surface area contributed by atoms with Crippen molar-refractivity contribution < 1.29 is 9.53 Å². The smallest absolute Gasteiger partial charge is 0.145 e. The van der Waals surface area contributed by atoms with Gasteiger partial charge in [-0.3, -0.25) is 14.8 Å². The number of nitrogens with one attached hydrogen (secondary N) is 2. The number of rotatable bonds is 7. The van der Waals surface area contributed by atoms with E-state index in [1.165, 1.54) is 0 Å². The van der Waals surface area contributed by atoms with Crippen LogP contribution in [0.25, 0.3) is 11.3 Å². The van der Waals surface area contributed by atoms with Crippen LogP contribution in [0.2, 0.25) is 5.02 Å². The first-order chi connectivity index (χ1) is 14.7. The summed E-state index contributed by atoms with van der Waals surface area (Å²) in [6.45, 7) is 4.18. The third-order valence-electron chi connectivity index (χ3n) is 5.76. The van der Waals surface area contributed by atoms with Gasteiger partial charge in [0.15, 0.2) is 0 Å². The molecular formula is C22H28ClN5O2. The van der Waals surface area contributed by atoms with Crippen LogP contribution in [0.5, 0.6) is 0 Å². The van der Waals surface area contributed by atoms with E-state index in [1.54, 1.807) is 18.6 Å². The summed E-state index contributed by atoms with van der Waals surface area (Å²) in [6.07, 6.45) is 9.54. The standard InChI is InChI=1S/C22H28ClN5O2/c23-19-11-26-17(8-21(29)16-4-1-5-24-10-16)7-18(19)20-12-25-13-22(28-20)27-9-15-3-2-6-30-14-15/h7,11-13,15-16,24H,1-6,8-10,14H2,(H,27,28)/t15?,16-/m1/s1. The largest absolute Gasteiger partial charge is 0.381 e. The fraction of sp³-hybridized carbons (Fsp3) is 0.545. The number of aromatic nitrogens is 3. The number of pyridine rings is 1. The van der Waals surface area contributed by atoms with Gasteiger partial charge in [-0.15, -0.1) is 0 Å². The van der Waals surface area contributed by atoms with Crippen molar-refractivity contribution in [1.29, 1.82) is 0 Å². The summed E-state index contributed by atoms with van der Waals surface area (Å²) in [4.78, 5) is 26.0. The van der Waals surface area contributed by atoms with Crippen LogP contribution in [-0.2, 0) is 16.0 Å². The van der Waals surface area contributed by atoms with Crippen molar-refractivity contribution in [3.8, 4) is 11.3 Å². The second-order valence-corrected chi connectivity index (χ2v) is 8.50. The fourth-order valence-corrected chi connectivity index (χ4v) is 4.22. The molecule has 0 radical (unpaired) electrons. The van der Waals surface area contributed by atoms with Gasteiger partial charge in [-0.05, 0) is 44.2 Å². The van der Waals surface area contributed by atoms with Gasteiger partial charge >= 0.3 is 0 Å². The SMILES string of the molecule is O=C(Cc1cc(-c2cncc(NCC3CCCOC3)n2)c(Cl)cn1)[C@@H]1CCCNC1. The number of hydrogen-bond acceptors (Lipinski definition) is 7. The zero-order valence-corrected chi connectivity index (χ0v) is 17.8. The number of piperidine rings is 1. The highest BCUT2D eigenvalue weighted by molar-refractivity contribution is 6.33. The number of halogens is 1. The number of nitrogens with zero attached hydrogens (tertiary/aromatic N) is 3. The van der Waals surface area contributed by atoms with Crippen molar-refractivity contribution in [1.82, 2.24) is 20.3 Å². The summed E-state index contributed by atoms with van der Waals surface area (Å²) in [6, 6.07) is 1.86. The molecule has 2 aromatic rings. The number of hydrogen-bond donors (Lipinski definition) is 2. The van der Waals surface area contributed by atoms with Gasteiger partial charge in [-0.1, -0.05) is 11.6 Å². The molecule has 2 aromatic heterocycles. The molecule has 2 atom stereocenters. The minimum absolute atomic E-state index is 0.0655. The molecule has 160 valence electrons. The molecule has 4 rings (SSSR count). The Hall–Kier alpha value is -2.09. The van der Waals surface area contributed by atoms with Gasteiger partial charge in [0.05, 0.1) is 29.7 Å². The predicted octanol–water partition coefficient (Wildman–Crippen LogP) is 3.14. The summed E-state index contributed by atoms with van der Waals surface area (Å²) in [5, 5.41) is 7.15. The molecule has 8 heteroatoms. The first kappa shape index (κ1) is 21.2. The molecule has 1 unspecified atom stereocenters. The van der Waals surface area contributed by atoms with Crippen LogP contribution in [0, 0.1) is 11.8 Å². The van der Waals surface area contributed by atoms with Gasteiger partial charge in [0, 0.05) is 49.5 Å². The van der Waals surface area contributed by atoms with Crippen LogP contribution >= 0.6 is 11.6 Å². The molecule has 0 amide bonds. The summed E-state index contributed by atoms with van der Waals surface area (Å²) in [5.74, 6) is 1.48. The number of ether oxygens (including phenoxy) is 1. The maximum Gasteiger partial charge on any atom is 0.145 e. The molecule has 0 spiro atoms. The van der Waals surface area contributed by atoms with Gasteiger partial charge < -0.3 is 15.4 Å². The first-order valence-corrected chi connectivity index (χ1v) is 11.1. The van der Waals surface area contributed by atoms with Crippen LogP contribution in [-0.4, -0.2) is 53.6 Å². The molecule has 0 aromatic carbocycles. The normalized spacial score (nSPS) is 21.9. The number of Topliss-reactive ketones (excluding diaryl/α,β-unsaturated/α-hetero) is 1. The van der Waals surface area contributed by atoms with Crippen molar-refractivity contribution in [2.24, 2.45) is 11.8 Å². The van der Waals surface area contributed by atoms with Crippen LogP contribution < -0.4 is 10.6 Å². The molecule has 0 saturated carbocycles. The summed E-state index contributed by atoms with van der Waals surface area (Å²) in [7, 11) is 0. The van der Waals surface area contributed by atoms with E-state index < -0.39 is 0 Å². The number of carbonyl (C=O) groups excluding carboxylic acids is 1. The van der Waals surface area contributed by atoms with Gasteiger partial charge in [-0.2, -0.15) is 0 Å². The van der Waals surface area contributed by atoms with Crippen molar-refractivity contribution in [2.75, 3.05) is 38.2 Å². The average molecular weight is 430 g/mol. The Morgan fingerprint density at radius 2 is 2.20 bits per heavy atom. The molecule has 0 bridgehead atoms. The summed E-state index contributed by atoms with van der Waals surface area (Å²) in [5.41, 5.74) is 2.12. The van der Waals surface area contributed by atoms with E-state index in [9.17, 15) is 4.79 Å². The maximum atomic E-state index is 12.6. The molecule has 2 fully saturated rings. The summed E-state index contributed by atoms with van der Waals surface area (Å²) >= 11 is 6.40. The minimum Gasteiger partial charge on any atom is -0.381 e. The van der Waals surface area contributed by atoms with Crippen LogP contribution in [0.1, 0.15) is 31.4 Å². The van der Waals surface area contributed by atoms with Crippen molar-refractivity contribution in [3.05, 3.63) is 35.4 Å². The van der Waals surface area contributed by atoms with Crippen molar-refractivity contribution >= 4 is 23.2 Å². The molecule has 2 N–H and O–H groups in total. The Balaban J connectivity index is 1.45. The second-order valence-electron chi connectivity index (χ2n) is 8.10. The Labute approximate surface area is 182 Å². The molecule has 4 heterocycles. The lowest BCUT2D eigenvalue weighted by Gasteiger charge is -2.22. The third kappa shape index (κ3) is 5.53. The van der Waals surface area contributed by atoms with E-state index in [1.807, 2.05) is 6.07 Å². The van der Waals surface area contributed by atoms with E-state index in [0.717, 1.165) is 64.1 Å². The van der Waals surface area contributed by atoms with E-state index in [0.29, 0.717) is 34.6 Å². The minimum atomic E-state index is 0.0655. The third-order valence-corrected chi connectivity index (χ3v) is 6.06. The van der Waals surface area contributed by atoms with Gasteiger partial charge in [0.1, 0.15) is 11.6 Å². The average Bonchev–Trinajstić information content (AvgIpc) is 2.80. The molecule has 30 heavy (non-hydrogen) atoms. The molecular weight excluding hydrogens is 402 g/mol. The molecule has 2 aliphatic rings. The Bertz CT molecular complexity index is 866. The number of carbonyl (C=O) groups is 1. The Morgan fingerprint density at radius 1 is 1.27 bits per heavy atom. The molecule has 7 nitrogen and oxygen atoms in total. The van der Waals surface area contributed by atoms with E-state index >= 15 is 0 Å². The Morgan fingerprint density at radius 3 is 3.00 bits per heavy atom. The lowest BCUT2D eigenvalue weighted by atomic mass is 9.92. The lowest BCUT2D eigenvalue weighted by Crippen LogP contribution is -2.35. The zero-order chi connectivity index (χ0) is 20.8. The number of ketones is 1. The maximum absolute atomic E-state index is 12.6. The predicted molar refractivity (Wildman–Crippen MR) is 117 cm³/mol. The fourth-order valence-electron chi connectivity index (χ4n) is 4.02. The monoisotopic (exact) mass is 429 g/mol. The van der Waals surface area contributed by atoms with Gasteiger partial charge in [-0.25, -0.2) is 4.98 Å². The lowest BCUT2D eigenvalue weighted by molar-refractivity contribution is -0.122. The molecule has 2 saturated heterocycles. The number of anilines is 1. The zero-order valence-electron chi connectivity index (χ0n) is 17.1. The quantitative estimate of drug-likeness (QED) is 0.698. The van der Waals surface area contributed by atoms with Crippen molar-refractivity contribution in [3.63, 3.8) is 0 Å². The summed E-state index contributed by atoms with van der Waals surface area (Å²) < 4.78 is 5.54. The highest BCUT2D eigenvalue weighted by atomic mass is 35.5. The molecule has 0 aliphatic carbocycles. The van der Waals surface area contributed by atoms with Crippen LogP contribution in [0.3, 0.4) is 0 Å². The van der Waals surface area contributed by atoms with E-state index in [-0.39, 0.29) is 11.7 Å². The van der Waals surface area contributed by atoms with E-state index in [2.05, 4.69) is 25.6 Å². The first-order valence-electron chi connectivity index (χ1n) is 10.7. The van der Waals surface area contributed by atoms with Gasteiger partial charge in [0.25, 0.3) is 0 Å². The molecule has 2 aliphatic heterocycles. The van der Waals surface area contributed by atoms with Gasteiger partial charge in [0.2, 0.25) is 0 Å². The highest BCUT2D eigenvalue weighted by Gasteiger charge is 2.22. The van der Waals surface area contributed by atoms with Crippen molar-refractivity contribution in [2.45, 2.75) is 32.1 Å².